The molecule has 0 saturated carbocycles. The van der Waals surface area contributed by atoms with Crippen LogP contribution in [0.2, 0.25) is 5.02 Å². The van der Waals surface area contributed by atoms with Crippen molar-refractivity contribution in [3.05, 3.63) is 64.8 Å². The summed E-state index contributed by atoms with van der Waals surface area (Å²) in [6, 6.07) is 14.4. The van der Waals surface area contributed by atoms with Crippen molar-refractivity contribution in [2.75, 3.05) is 12.0 Å². The number of hydrogen-bond acceptors (Lipinski definition) is 3. The predicted molar refractivity (Wildman–Crippen MR) is 95.6 cm³/mol. The summed E-state index contributed by atoms with van der Waals surface area (Å²) in [5, 5.41) is 3.88. The van der Waals surface area contributed by atoms with E-state index in [9.17, 15) is 4.79 Å². The number of nitrogens with zero attached hydrogens (tertiary/aromatic N) is 1. The molecule has 2 aromatic rings. The van der Waals surface area contributed by atoms with E-state index in [0.29, 0.717) is 27.3 Å². The Kier molecular flexibility index (Phi) is 4.32. The highest BCUT2D eigenvalue weighted by molar-refractivity contribution is 7.80. The predicted octanol–water partition coefficient (Wildman–Crippen LogP) is 3.61. The van der Waals surface area contributed by atoms with Crippen molar-refractivity contribution in [1.82, 2.24) is 5.32 Å². The number of carbonyl (C=O) groups is 1. The first kappa shape index (κ1) is 15.5. The van der Waals surface area contributed by atoms with Gasteiger partial charge >= 0.3 is 0 Å². The molecule has 0 unspecified atom stereocenters. The first-order valence-corrected chi connectivity index (χ1v) is 7.64. The van der Waals surface area contributed by atoms with E-state index in [1.54, 1.807) is 37.5 Å². The van der Waals surface area contributed by atoms with Crippen LogP contribution in [0.1, 0.15) is 5.56 Å². The number of carbonyl (C=O) groups excluding carboxylic acids is 1. The molecule has 116 valence electrons. The summed E-state index contributed by atoms with van der Waals surface area (Å²) in [4.78, 5) is 14.1. The molecule has 0 aliphatic carbocycles. The maximum atomic E-state index is 12.6. The highest BCUT2D eigenvalue weighted by Crippen LogP contribution is 2.26. The van der Waals surface area contributed by atoms with E-state index >= 15 is 0 Å². The zero-order valence-electron chi connectivity index (χ0n) is 12.2. The third-order valence-corrected chi connectivity index (χ3v) is 3.94. The molecule has 1 heterocycles. The zero-order valence-corrected chi connectivity index (χ0v) is 13.8. The number of amides is 1. The Labute approximate surface area is 144 Å². The van der Waals surface area contributed by atoms with Gasteiger partial charge in [0.2, 0.25) is 0 Å². The van der Waals surface area contributed by atoms with Crippen molar-refractivity contribution in [1.29, 1.82) is 0 Å². The lowest BCUT2D eigenvalue weighted by Crippen LogP contribution is -2.30. The minimum Gasteiger partial charge on any atom is -0.496 e. The molecule has 1 saturated heterocycles. The highest BCUT2D eigenvalue weighted by Gasteiger charge is 2.32. The maximum Gasteiger partial charge on any atom is 0.281 e. The van der Waals surface area contributed by atoms with Crippen molar-refractivity contribution in [3.8, 4) is 5.75 Å². The summed E-state index contributed by atoms with van der Waals surface area (Å²) in [6.07, 6.45) is 1.73. The van der Waals surface area contributed by atoms with Crippen LogP contribution < -0.4 is 15.0 Å². The minimum absolute atomic E-state index is 0.219. The number of halogens is 1. The lowest BCUT2D eigenvalue weighted by Gasteiger charge is -2.13. The Morgan fingerprint density at radius 3 is 2.57 bits per heavy atom. The van der Waals surface area contributed by atoms with Gasteiger partial charge in [-0.25, -0.2) is 0 Å². The average Bonchev–Trinajstić information content (AvgIpc) is 2.83. The van der Waals surface area contributed by atoms with Crippen LogP contribution in [-0.4, -0.2) is 18.1 Å². The second-order valence-corrected chi connectivity index (χ2v) is 5.67. The number of hydrogen-bond donors (Lipinski definition) is 1. The number of anilines is 1. The van der Waals surface area contributed by atoms with Crippen LogP contribution in [0.25, 0.3) is 6.08 Å². The SMILES string of the molecule is COc1ccccc1/C=C1\NC(=S)N(c2ccc(Cl)cc2)C1=O. The smallest absolute Gasteiger partial charge is 0.281 e. The molecule has 1 aliphatic heterocycles. The quantitative estimate of drug-likeness (QED) is 0.682. The van der Waals surface area contributed by atoms with Crippen molar-refractivity contribution in [2.24, 2.45) is 0 Å². The number of para-hydroxylation sites is 1. The Morgan fingerprint density at radius 2 is 1.87 bits per heavy atom. The molecule has 3 rings (SSSR count). The van der Waals surface area contributed by atoms with Crippen LogP contribution in [0.5, 0.6) is 5.75 Å². The molecule has 6 heteroatoms. The maximum absolute atomic E-state index is 12.6. The van der Waals surface area contributed by atoms with Gasteiger partial charge in [0.1, 0.15) is 11.4 Å². The van der Waals surface area contributed by atoms with Crippen LogP contribution in [0.4, 0.5) is 5.69 Å². The van der Waals surface area contributed by atoms with Crippen molar-refractivity contribution in [3.63, 3.8) is 0 Å². The van der Waals surface area contributed by atoms with Crippen molar-refractivity contribution < 1.29 is 9.53 Å². The van der Waals surface area contributed by atoms with Crippen molar-refractivity contribution in [2.45, 2.75) is 0 Å². The molecule has 0 atom stereocenters. The minimum atomic E-state index is -0.219. The molecule has 1 N–H and O–H groups in total. The van der Waals surface area contributed by atoms with Gasteiger partial charge in [-0.3, -0.25) is 9.69 Å². The summed E-state index contributed by atoms with van der Waals surface area (Å²) >= 11 is 11.2. The molecule has 2 aromatic carbocycles. The molecule has 0 radical (unpaired) electrons. The molecule has 0 aromatic heterocycles. The summed E-state index contributed by atoms with van der Waals surface area (Å²) in [5.41, 5.74) is 1.86. The Balaban J connectivity index is 1.95. The summed E-state index contributed by atoms with van der Waals surface area (Å²) in [6.45, 7) is 0. The van der Waals surface area contributed by atoms with E-state index in [-0.39, 0.29) is 5.91 Å². The average molecular weight is 345 g/mol. The summed E-state index contributed by atoms with van der Waals surface area (Å²) < 4.78 is 5.30. The van der Waals surface area contributed by atoms with Gasteiger partial charge in [0.15, 0.2) is 5.11 Å². The molecular formula is C17H13ClN2O2S. The number of nitrogens with one attached hydrogen (secondary N) is 1. The topological polar surface area (TPSA) is 41.6 Å². The standard InChI is InChI=1S/C17H13ClN2O2S/c1-22-15-5-3-2-4-11(15)10-14-16(21)20(17(23)19-14)13-8-6-12(18)7-9-13/h2-10H,1H3,(H,19,23)/b14-10-. The molecule has 0 bridgehead atoms. The first-order chi connectivity index (χ1) is 11.1. The Bertz CT molecular complexity index is 802. The third kappa shape index (κ3) is 3.06. The number of benzene rings is 2. The largest absolute Gasteiger partial charge is 0.496 e. The fraction of sp³-hybridized carbons (Fsp3) is 0.0588. The van der Waals surface area contributed by atoms with Crippen LogP contribution in [0, 0.1) is 0 Å². The number of methoxy groups -OCH3 is 1. The summed E-state index contributed by atoms with van der Waals surface area (Å²) in [7, 11) is 1.59. The van der Waals surface area contributed by atoms with E-state index < -0.39 is 0 Å². The monoisotopic (exact) mass is 344 g/mol. The van der Waals surface area contributed by atoms with Gasteiger partial charge in [-0.05, 0) is 48.6 Å². The van der Waals surface area contributed by atoms with Gasteiger partial charge < -0.3 is 10.1 Å². The van der Waals surface area contributed by atoms with Gasteiger partial charge in [0.25, 0.3) is 5.91 Å². The molecule has 23 heavy (non-hydrogen) atoms. The fourth-order valence-electron chi connectivity index (χ4n) is 2.30. The second-order valence-electron chi connectivity index (χ2n) is 4.85. The van der Waals surface area contributed by atoms with Crippen molar-refractivity contribution >= 4 is 46.6 Å². The van der Waals surface area contributed by atoms with E-state index in [2.05, 4.69) is 5.32 Å². The highest BCUT2D eigenvalue weighted by atomic mass is 35.5. The molecule has 1 amide bonds. The number of ether oxygens (including phenoxy) is 1. The Hall–Kier alpha value is -2.37. The zero-order chi connectivity index (χ0) is 16.4. The van der Waals surface area contributed by atoms with Gasteiger partial charge in [-0.1, -0.05) is 29.8 Å². The molecule has 1 aliphatic rings. The molecule has 4 nitrogen and oxygen atoms in total. The normalized spacial score (nSPS) is 15.9. The Morgan fingerprint density at radius 1 is 1.17 bits per heavy atom. The van der Waals surface area contributed by atoms with E-state index in [1.807, 2.05) is 24.3 Å². The lowest BCUT2D eigenvalue weighted by molar-refractivity contribution is -0.113. The second kappa shape index (κ2) is 6.40. The molecular weight excluding hydrogens is 332 g/mol. The number of thiocarbonyl (C=S) groups is 1. The van der Waals surface area contributed by atoms with Crippen LogP contribution in [0.3, 0.4) is 0 Å². The number of rotatable bonds is 3. The van der Waals surface area contributed by atoms with Gasteiger partial charge in [0.05, 0.1) is 12.8 Å². The molecule has 0 spiro atoms. The van der Waals surface area contributed by atoms with Gasteiger partial charge in [-0.2, -0.15) is 0 Å². The van der Waals surface area contributed by atoms with E-state index in [1.165, 1.54) is 4.90 Å². The first-order valence-electron chi connectivity index (χ1n) is 6.86. The third-order valence-electron chi connectivity index (χ3n) is 3.40. The van der Waals surface area contributed by atoms with Gasteiger partial charge in [-0.15, -0.1) is 0 Å². The van der Waals surface area contributed by atoms with Crippen LogP contribution in [-0.2, 0) is 4.79 Å². The van der Waals surface area contributed by atoms with E-state index in [0.717, 1.165) is 5.56 Å². The lowest BCUT2D eigenvalue weighted by atomic mass is 10.1. The van der Waals surface area contributed by atoms with Crippen LogP contribution >= 0.6 is 23.8 Å². The van der Waals surface area contributed by atoms with Gasteiger partial charge in [0, 0.05) is 10.6 Å². The summed E-state index contributed by atoms with van der Waals surface area (Å²) in [5.74, 6) is 0.466. The molecule has 1 fully saturated rings. The van der Waals surface area contributed by atoms with E-state index in [4.69, 9.17) is 28.6 Å². The fourth-order valence-corrected chi connectivity index (χ4v) is 2.73. The van der Waals surface area contributed by atoms with Crippen LogP contribution in [0.15, 0.2) is 54.2 Å².